The summed E-state index contributed by atoms with van der Waals surface area (Å²) in [6.07, 6.45) is 3.86. The molecule has 0 aliphatic heterocycles. The third-order valence-electron chi connectivity index (χ3n) is 2.85. The Hall–Kier alpha value is -0.240. The van der Waals surface area contributed by atoms with Crippen molar-refractivity contribution in [3.05, 3.63) is 33.8 Å². The van der Waals surface area contributed by atoms with Crippen LogP contribution >= 0.6 is 23.2 Å². The molecule has 0 N–H and O–H groups in total. The van der Waals surface area contributed by atoms with Gasteiger partial charge in [-0.05, 0) is 43.0 Å². The van der Waals surface area contributed by atoms with E-state index in [0.29, 0.717) is 16.7 Å². The lowest BCUT2D eigenvalue weighted by Crippen LogP contribution is -2.08. The molecule has 0 aromatic heterocycles. The molecule has 0 fully saturated rings. The van der Waals surface area contributed by atoms with Crippen LogP contribution in [0, 0.1) is 5.92 Å². The predicted molar refractivity (Wildman–Crippen MR) is 79.4 cm³/mol. The van der Waals surface area contributed by atoms with Crippen LogP contribution in [0.3, 0.4) is 0 Å². The van der Waals surface area contributed by atoms with Gasteiger partial charge >= 0.3 is 0 Å². The van der Waals surface area contributed by atoms with Gasteiger partial charge in [-0.25, -0.2) is 0 Å². The first-order chi connectivity index (χ1) is 8.47. The highest BCUT2D eigenvalue weighted by Crippen LogP contribution is 2.20. The van der Waals surface area contributed by atoms with Crippen molar-refractivity contribution in [2.75, 3.05) is 0 Å². The maximum absolute atomic E-state index is 5.94. The van der Waals surface area contributed by atoms with E-state index in [1.165, 1.54) is 12.8 Å². The fourth-order valence-electron chi connectivity index (χ4n) is 1.83. The van der Waals surface area contributed by atoms with Crippen LogP contribution in [-0.2, 0) is 11.3 Å². The number of rotatable bonds is 7. The fourth-order valence-corrected chi connectivity index (χ4v) is 2.40. The zero-order valence-corrected chi connectivity index (χ0v) is 12.9. The van der Waals surface area contributed by atoms with Gasteiger partial charge in [-0.1, -0.05) is 49.9 Å². The molecule has 0 aliphatic carbocycles. The van der Waals surface area contributed by atoms with E-state index in [1.54, 1.807) is 6.07 Å². The van der Waals surface area contributed by atoms with Crippen LogP contribution in [0.15, 0.2) is 18.2 Å². The number of ether oxygens (including phenoxy) is 1. The van der Waals surface area contributed by atoms with Crippen molar-refractivity contribution in [3.8, 4) is 0 Å². The molecule has 3 heteroatoms. The maximum atomic E-state index is 5.94. The molecule has 1 unspecified atom stereocenters. The second-order valence-electron chi connectivity index (χ2n) is 5.22. The van der Waals surface area contributed by atoms with E-state index < -0.39 is 0 Å². The van der Waals surface area contributed by atoms with Gasteiger partial charge in [-0.15, -0.1) is 0 Å². The molecule has 102 valence electrons. The number of halogens is 2. The van der Waals surface area contributed by atoms with Crippen LogP contribution in [0.1, 0.15) is 45.6 Å². The summed E-state index contributed by atoms with van der Waals surface area (Å²) in [6, 6.07) is 5.53. The molecule has 1 atom stereocenters. The first kappa shape index (κ1) is 15.8. The van der Waals surface area contributed by atoms with Crippen molar-refractivity contribution in [2.45, 2.75) is 52.7 Å². The molecule has 0 saturated carbocycles. The molecule has 1 aromatic rings. The van der Waals surface area contributed by atoms with Crippen molar-refractivity contribution in [3.63, 3.8) is 0 Å². The lowest BCUT2D eigenvalue weighted by molar-refractivity contribution is 0.0454. The van der Waals surface area contributed by atoms with Gasteiger partial charge in [0.2, 0.25) is 0 Å². The zero-order valence-electron chi connectivity index (χ0n) is 11.4. The van der Waals surface area contributed by atoms with Crippen molar-refractivity contribution >= 4 is 23.2 Å². The van der Waals surface area contributed by atoms with Crippen LogP contribution in [0.4, 0.5) is 0 Å². The van der Waals surface area contributed by atoms with Gasteiger partial charge in [0.05, 0.1) is 12.7 Å². The summed E-state index contributed by atoms with van der Waals surface area (Å²) in [6.45, 7) is 7.19. The minimum atomic E-state index is 0.279. The van der Waals surface area contributed by atoms with Gasteiger partial charge in [-0.2, -0.15) is 0 Å². The van der Waals surface area contributed by atoms with E-state index in [-0.39, 0.29) is 6.10 Å². The summed E-state index contributed by atoms with van der Waals surface area (Å²) in [5.74, 6) is 0.768. The number of benzene rings is 1. The number of hydrogen-bond acceptors (Lipinski definition) is 1. The van der Waals surface area contributed by atoms with Crippen molar-refractivity contribution in [2.24, 2.45) is 5.92 Å². The smallest absolute Gasteiger partial charge is 0.0721 e. The Balaban J connectivity index is 2.31. The molecule has 0 saturated heterocycles. The van der Waals surface area contributed by atoms with Crippen molar-refractivity contribution in [1.29, 1.82) is 0 Å². The SMILES string of the molecule is CC(C)CCCC(C)OCc1cc(Cl)cc(Cl)c1. The minimum Gasteiger partial charge on any atom is -0.374 e. The summed E-state index contributed by atoms with van der Waals surface area (Å²) in [5, 5.41) is 1.32. The number of hydrogen-bond donors (Lipinski definition) is 0. The van der Waals surface area contributed by atoms with Gasteiger partial charge in [0.1, 0.15) is 0 Å². The summed E-state index contributed by atoms with van der Waals surface area (Å²) in [7, 11) is 0. The average Bonchev–Trinajstić information content (AvgIpc) is 2.24. The van der Waals surface area contributed by atoms with Crippen LogP contribution in [0.5, 0.6) is 0 Å². The van der Waals surface area contributed by atoms with Gasteiger partial charge in [0.25, 0.3) is 0 Å². The largest absolute Gasteiger partial charge is 0.374 e. The van der Waals surface area contributed by atoms with Crippen molar-refractivity contribution in [1.82, 2.24) is 0 Å². The molecule has 1 rings (SSSR count). The van der Waals surface area contributed by atoms with E-state index in [0.717, 1.165) is 17.9 Å². The van der Waals surface area contributed by atoms with Crippen LogP contribution in [0.25, 0.3) is 0 Å². The normalized spacial score (nSPS) is 13.0. The minimum absolute atomic E-state index is 0.279. The Bertz CT molecular complexity index is 343. The molecule has 0 aliphatic rings. The van der Waals surface area contributed by atoms with E-state index >= 15 is 0 Å². The molecule has 0 amide bonds. The first-order valence-corrected chi connectivity index (χ1v) is 7.29. The Morgan fingerprint density at radius 3 is 2.17 bits per heavy atom. The molecule has 1 nitrogen and oxygen atoms in total. The molecule has 0 radical (unpaired) electrons. The molecule has 18 heavy (non-hydrogen) atoms. The van der Waals surface area contributed by atoms with E-state index in [2.05, 4.69) is 20.8 Å². The molecule has 0 heterocycles. The summed E-state index contributed by atoms with van der Waals surface area (Å²) >= 11 is 11.9. The van der Waals surface area contributed by atoms with E-state index in [9.17, 15) is 0 Å². The first-order valence-electron chi connectivity index (χ1n) is 6.54. The third-order valence-corrected chi connectivity index (χ3v) is 3.29. The van der Waals surface area contributed by atoms with Crippen LogP contribution < -0.4 is 0 Å². The summed E-state index contributed by atoms with van der Waals surface area (Å²) in [4.78, 5) is 0. The van der Waals surface area contributed by atoms with Crippen LogP contribution in [-0.4, -0.2) is 6.10 Å². The van der Waals surface area contributed by atoms with Gasteiger partial charge in [0.15, 0.2) is 0 Å². The predicted octanol–water partition coefficient (Wildman–Crippen LogP) is 5.72. The highest BCUT2D eigenvalue weighted by molar-refractivity contribution is 6.34. The van der Waals surface area contributed by atoms with Gasteiger partial charge < -0.3 is 4.74 Å². The summed E-state index contributed by atoms with van der Waals surface area (Å²) in [5.41, 5.74) is 1.03. The average molecular weight is 289 g/mol. The Morgan fingerprint density at radius 1 is 1.00 bits per heavy atom. The molecule has 0 bridgehead atoms. The van der Waals surface area contributed by atoms with E-state index in [1.807, 2.05) is 12.1 Å². The summed E-state index contributed by atoms with van der Waals surface area (Å²) < 4.78 is 5.80. The third kappa shape index (κ3) is 6.63. The lowest BCUT2D eigenvalue weighted by atomic mass is 10.0. The monoisotopic (exact) mass is 288 g/mol. The van der Waals surface area contributed by atoms with Crippen LogP contribution in [0.2, 0.25) is 10.0 Å². The van der Waals surface area contributed by atoms with E-state index in [4.69, 9.17) is 27.9 Å². The quantitative estimate of drug-likeness (QED) is 0.623. The molecular formula is C15H22Cl2O. The van der Waals surface area contributed by atoms with Gasteiger partial charge in [0, 0.05) is 10.0 Å². The topological polar surface area (TPSA) is 9.23 Å². The second-order valence-corrected chi connectivity index (χ2v) is 6.10. The standard InChI is InChI=1S/C15H22Cl2O/c1-11(2)5-4-6-12(3)18-10-13-7-14(16)9-15(17)8-13/h7-9,11-12H,4-6,10H2,1-3H3. The Morgan fingerprint density at radius 2 is 1.61 bits per heavy atom. The highest BCUT2D eigenvalue weighted by Gasteiger charge is 2.05. The Labute approximate surface area is 120 Å². The molecular weight excluding hydrogens is 267 g/mol. The van der Waals surface area contributed by atoms with Crippen molar-refractivity contribution < 1.29 is 4.74 Å². The zero-order chi connectivity index (χ0) is 13.5. The lowest BCUT2D eigenvalue weighted by Gasteiger charge is -2.14. The molecule has 0 spiro atoms. The maximum Gasteiger partial charge on any atom is 0.0721 e. The molecule has 1 aromatic carbocycles. The highest BCUT2D eigenvalue weighted by atomic mass is 35.5. The Kier molecular flexibility index (Phi) is 7.06. The fraction of sp³-hybridized carbons (Fsp3) is 0.600. The second kappa shape index (κ2) is 8.04. The van der Waals surface area contributed by atoms with Gasteiger partial charge in [-0.3, -0.25) is 0 Å².